The molecule has 3 fully saturated rings. The van der Waals surface area contributed by atoms with Crippen LogP contribution in [0.3, 0.4) is 0 Å². The summed E-state index contributed by atoms with van der Waals surface area (Å²) < 4.78 is 6.40. The number of imide groups is 1. The number of aryl methyl sites for hydroxylation is 1. The average molecular weight is 555 g/mol. The topological polar surface area (TPSA) is 95.9 Å². The number of nitrogens with zero attached hydrogens (tertiary/aromatic N) is 1. The number of hydrogen-bond donors (Lipinski definition) is 2. The lowest BCUT2D eigenvalue weighted by atomic mass is 9.72. The SMILES string of the molecule is COc1ccc(Br)cc1C1NC(CC2CCCCC2)(C(=O)O)C2C(=O)N(c3ccccc3C)C(=O)C12. The fourth-order valence-corrected chi connectivity index (χ4v) is 6.97. The van der Waals surface area contributed by atoms with Crippen LogP contribution in [0.2, 0.25) is 0 Å². The van der Waals surface area contributed by atoms with Gasteiger partial charge in [0, 0.05) is 16.1 Å². The van der Waals surface area contributed by atoms with Gasteiger partial charge in [0.05, 0.1) is 24.6 Å². The van der Waals surface area contributed by atoms with Gasteiger partial charge in [0.25, 0.3) is 0 Å². The van der Waals surface area contributed by atoms with Crippen molar-refractivity contribution < 1.29 is 24.2 Å². The molecule has 3 aliphatic rings. The minimum atomic E-state index is -1.55. The van der Waals surface area contributed by atoms with Gasteiger partial charge in [0.15, 0.2) is 0 Å². The Hall–Kier alpha value is -2.71. The number of methoxy groups -OCH3 is 1. The zero-order chi connectivity index (χ0) is 25.6. The smallest absolute Gasteiger partial charge is 0.324 e. The number of carboxylic acid groups (broad SMARTS) is 1. The molecule has 4 atom stereocenters. The number of anilines is 1. The molecule has 1 saturated carbocycles. The Labute approximate surface area is 219 Å². The Kier molecular flexibility index (Phi) is 6.68. The van der Waals surface area contributed by atoms with Crippen molar-refractivity contribution in [3.8, 4) is 5.75 Å². The van der Waals surface area contributed by atoms with Crippen molar-refractivity contribution in [1.82, 2.24) is 5.32 Å². The second-order valence-corrected chi connectivity index (χ2v) is 11.2. The van der Waals surface area contributed by atoms with E-state index in [4.69, 9.17) is 4.74 Å². The number of fused-ring (bicyclic) bond motifs is 1. The molecule has 2 heterocycles. The maximum atomic E-state index is 14.1. The molecular weight excluding hydrogens is 524 g/mol. The Balaban J connectivity index is 1.66. The van der Waals surface area contributed by atoms with Crippen LogP contribution in [-0.4, -0.2) is 35.5 Å². The number of ether oxygens (including phenoxy) is 1. The highest BCUT2D eigenvalue weighted by atomic mass is 79.9. The molecule has 2 N–H and O–H groups in total. The zero-order valence-corrected chi connectivity index (χ0v) is 22.1. The van der Waals surface area contributed by atoms with Crippen molar-refractivity contribution in [3.05, 3.63) is 58.1 Å². The molecule has 2 amide bonds. The van der Waals surface area contributed by atoms with Crippen LogP contribution in [-0.2, 0) is 14.4 Å². The van der Waals surface area contributed by atoms with E-state index >= 15 is 0 Å². The summed E-state index contributed by atoms with van der Waals surface area (Å²) in [6, 6.07) is 12.0. The zero-order valence-electron chi connectivity index (χ0n) is 20.5. The van der Waals surface area contributed by atoms with Crippen LogP contribution < -0.4 is 15.0 Å². The second-order valence-electron chi connectivity index (χ2n) is 10.3. The highest BCUT2D eigenvalue weighted by Crippen LogP contribution is 2.54. The van der Waals surface area contributed by atoms with E-state index in [-0.39, 0.29) is 11.8 Å². The monoisotopic (exact) mass is 554 g/mol. The number of amides is 2. The van der Waals surface area contributed by atoms with Gasteiger partial charge in [-0.15, -0.1) is 0 Å². The van der Waals surface area contributed by atoms with E-state index in [2.05, 4.69) is 21.2 Å². The maximum absolute atomic E-state index is 14.1. The van der Waals surface area contributed by atoms with Gasteiger partial charge in [-0.05, 0) is 49.1 Å². The van der Waals surface area contributed by atoms with Crippen LogP contribution in [0.1, 0.15) is 55.7 Å². The quantitative estimate of drug-likeness (QED) is 0.487. The van der Waals surface area contributed by atoms with Crippen LogP contribution in [0.25, 0.3) is 0 Å². The van der Waals surface area contributed by atoms with Crippen molar-refractivity contribution in [1.29, 1.82) is 0 Å². The lowest BCUT2D eigenvalue weighted by Gasteiger charge is -2.35. The molecule has 190 valence electrons. The highest BCUT2D eigenvalue weighted by molar-refractivity contribution is 9.10. The molecule has 8 heteroatoms. The van der Waals surface area contributed by atoms with Crippen LogP contribution in [0.4, 0.5) is 5.69 Å². The molecule has 4 unspecified atom stereocenters. The minimum absolute atomic E-state index is 0.182. The van der Waals surface area contributed by atoms with Gasteiger partial charge in [-0.3, -0.25) is 19.7 Å². The maximum Gasteiger partial charge on any atom is 0.324 e. The summed E-state index contributed by atoms with van der Waals surface area (Å²) in [5.41, 5.74) is 0.423. The van der Waals surface area contributed by atoms with Gasteiger partial charge in [0.1, 0.15) is 11.3 Å². The summed E-state index contributed by atoms with van der Waals surface area (Å²) in [6.45, 7) is 1.85. The van der Waals surface area contributed by atoms with Gasteiger partial charge in [-0.2, -0.15) is 0 Å². The largest absolute Gasteiger partial charge is 0.496 e. The molecule has 0 aromatic heterocycles. The van der Waals surface area contributed by atoms with Gasteiger partial charge in [-0.25, -0.2) is 4.90 Å². The predicted molar refractivity (Wildman–Crippen MR) is 139 cm³/mol. The van der Waals surface area contributed by atoms with E-state index in [1.54, 1.807) is 25.3 Å². The first-order chi connectivity index (χ1) is 17.3. The Morgan fingerprint density at radius 3 is 2.53 bits per heavy atom. The van der Waals surface area contributed by atoms with E-state index < -0.39 is 35.3 Å². The number of para-hydroxylation sites is 1. The van der Waals surface area contributed by atoms with E-state index in [0.717, 1.165) is 42.1 Å². The lowest BCUT2D eigenvalue weighted by molar-refractivity contribution is -0.150. The van der Waals surface area contributed by atoms with Gasteiger partial charge in [-0.1, -0.05) is 66.2 Å². The third kappa shape index (κ3) is 3.95. The fraction of sp³-hybridized carbons (Fsp3) is 0.464. The molecule has 2 aromatic carbocycles. The molecule has 7 nitrogen and oxygen atoms in total. The molecule has 5 rings (SSSR count). The number of halogens is 1. The Morgan fingerprint density at radius 2 is 1.86 bits per heavy atom. The molecule has 2 aromatic rings. The number of carboxylic acids is 1. The number of rotatable bonds is 6. The number of carbonyl (C=O) groups excluding carboxylic acids is 2. The third-order valence-electron chi connectivity index (χ3n) is 8.25. The van der Waals surface area contributed by atoms with Crippen LogP contribution in [0.5, 0.6) is 5.75 Å². The fourth-order valence-electron chi connectivity index (χ4n) is 6.59. The predicted octanol–water partition coefficient (Wildman–Crippen LogP) is 5.01. The molecule has 0 spiro atoms. The summed E-state index contributed by atoms with van der Waals surface area (Å²) >= 11 is 3.51. The number of aliphatic carboxylic acids is 1. The molecule has 0 bridgehead atoms. The van der Waals surface area contributed by atoms with Crippen LogP contribution >= 0.6 is 15.9 Å². The van der Waals surface area contributed by atoms with Crippen LogP contribution in [0, 0.1) is 24.7 Å². The molecule has 1 aliphatic carbocycles. The number of benzene rings is 2. The average Bonchev–Trinajstić information content (AvgIpc) is 3.34. The minimum Gasteiger partial charge on any atom is -0.496 e. The standard InChI is InChI=1S/C28H31BrN2O5/c1-16-8-6-7-11-20(16)31-25(32)22-23(26(31)33)28(27(34)35,15-17-9-4-3-5-10-17)30-24(22)19-14-18(29)12-13-21(19)36-2/h6-8,11-14,17,22-24,30H,3-5,9-10,15H2,1-2H3,(H,34,35). The van der Waals surface area contributed by atoms with Crippen molar-refractivity contribution in [3.63, 3.8) is 0 Å². The highest BCUT2D eigenvalue weighted by Gasteiger charge is 2.69. The second kappa shape index (κ2) is 9.63. The van der Waals surface area contributed by atoms with E-state index in [1.165, 1.54) is 4.90 Å². The van der Waals surface area contributed by atoms with Crippen molar-refractivity contribution in [2.75, 3.05) is 12.0 Å². The summed E-state index contributed by atoms with van der Waals surface area (Å²) in [6.07, 6.45) is 5.44. The number of nitrogens with one attached hydrogen (secondary N) is 1. The van der Waals surface area contributed by atoms with Gasteiger partial charge < -0.3 is 9.84 Å². The van der Waals surface area contributed by atoms with Gasteiger partial charge >= 0.3 is 5.97 Å². The molecule has 2 saturated heterocycles. The first kappa shape index (κ1) is 25.0. The third-order valence-corrected chi connectivity index (χ3v) is 8.75. The molecule has 0 radical (unpaired) electrons. The number of hydrogen-bond acceptors (Lipinski definition) is 5. The molecule has 36 heavy (non-hydrogen) atoms. The summed E-state index contributed by atoms with van der Waals surface area (Å²) in [4.78, 5) is 42.5. The van der Waals surface area contributed by atoms with Gasteiger partial charge in [0.2, 0.25) is 11.8 Å². The first-order valence-corrected chi connectivity index (χ1v) is 13.4. The summed E-state index contributed by atoms with van der Waals surface area (Å²) in [5, 5.41) is 14.1. The summed E-state index contributed by atoms with van der Waals surface area (Å²) in [5.74, 6) is -3.04. The van der Waals surface area contributed by atoms with Crippen molar-refractivity contribution >= 4 is 39.4 Å². The normalized spacial score (nSPS) is 28.4. The van der Waals surface area contributed by atoms with E-state index in [9.17, 15) is 19.5 Å². The van der Waals surface area contributed by atoms with Crippen molar-refractivity contribution in [2.45, 2.75) is 57.0 Å². The van der Waals surface area contributed by atoms with E-state index in [0.29, 0.717) is 23.4 Å². The van der Waals surface area contributed by atoms with Crippen LogP contribution in [0.15, 0.2) is 46.9 Å². The molecule has 2 aliphatic heterocycles. The Morgan fingerprint density at radius 1 is 1.14 bits per heavy atom. The van der Waals surface area contributed by atoms with Crippen molar-refractivity contribution in [2.24, 2.45) is 17.8 Å². The first-order valence-electron chi connectivity index (χ1n) is 12.6. The van der Waals surface area contributed by atoms with E-state index in [1.807, 2.05) is 31.2 Å². The Bertz CT molecular complexity index is 1210. The lowest BCUT2D eigenvalue weighted by Crippen LogP contribution is -2.57. The number of carbonyl (C=O) groups is 3. The summed E-state index contributed by atoms with van der Waals surface area (Å²) in [7, 11) is 1.55. The molecular formula is C28H31BrN2O5.